The Labute approximate surface area is 111 Å². The molecule has 1 aromatic carbocycles. The highest BCUT2D eigenvalue weighted by molar-refractivity contribution is 9.10. The second kappa shape index (κ2) is 5.42. The molecule has 0 unspecified atom stereocenters. The highest BCUT2D eigenvalue weighted by atomic mass is 79.9. The normalized spacial score (nSPS) is 15.2. The molecule has 0 saturated heterocycles. The molecule has 0 aliphatic heterocycles. The van der Waals surface area contributed by atoms with E-state index in [0.29, 0.717) is 5.88 Å². The lowest BCUT2D eigenvalue weighted by Gasteiger charge is -2.25. The van der Waals surface area contributed by atoms with E-state index in [-0.39, 0.29) is 0 Å². The van der Waals surface area contributed by atoms with Gasteiger partial charge in [0.25, 0.3) is 0 Å². The Balaban J connectivity index is 2.22. The SMILES string of the molecule is CCCN(c1ccc(CCl)cc1Br)C1CC1. The fourth-order valence-electron chi connectivity index (χ4n) is 1.99. The van der Waals surface area contributed by atoms with E-state index in [1.165, 1.54) is 35.0 Å². The standard InChI is InChI=1S/C13H17BrClN/c1-2-7-16(11-4-5-11)13-6-3-10(9-15)8-12(13)14/h3,6,8,11H,2,4-5,7,9H2,1H3. The Hall–Kier alpha value is -0.210. The summed E-state index contributed by atoms with van der Waals surface area (Å²) in [4.78, 5) is 2.52. The zero-order valence-corrected chi connectivity index (χ0v) is 11.9. The predicted octanol–water partition coefficient (Wildman–Crippen LogP) is 4.57. The summed E-state index contributed by atoms with van der Waals surface area (Å²) >= 11 is 9.49. The van der Waals surface area contributed by atoms with Crippen molar-refractivity contribution in [3.05, 3.63) is 28.2 Å². The van der Waals surface area contributed by atoms with Gasteiger partial charge in [-0.15, -0.1) is 11.6 Å². The molecule has 1 aliphatic rings. The number of anilines is 1. The smallest absolute Gasteiger partial charge is 0.0513 e. The third kappa shape index (κ3) is 2.72. The maximum atomic E-state index is 5.83. The molecule has 88 valence electrons. The van der Waals surface area contributed by atoms with Crippen molar-refractivity contribution in [3.63, 3.8) is 0 Å². The molecule has 1 fully saturated rings. The number of hydrogen-bond acceptors (Lipinski definition) is 1. The van der Waals surface area contributed by atoms with E-state index in [2.05, 4.69) is 46.0 Å². The Morgan fingerprint density at radius 3 is 2.69 bits per heavy atom. The Kier molecular flexibility index (Phi) is 4.15. The first-order chi connectivity index (χ1) is 7.76. The lowest BCUT2D eigenvalue weighted by atomic mass is 10.2. The molecule has 1 aromatic rings. The highest BCUT2D eigenvalue weighted by Crippen LogP contribution is 2.36. The summed E-state index contributed by atoms with van der Waals surface area (Å²) in [6.07, 6.45) is 3.87. The number of nitrogens with zero attached hydrogens (tertiary/aromatic N) is 1. The van der Waals surface area contributed by atoms with Crippen molar-refractivity contribution in [2.24, 2.45) is 0 Å². The third-order valence-electron chi connectivity index (χ3n) is 2.93. The molecule has 0 amide bonds. The van der Waals surface area contributed by atoms with Gasteiger partial charge < -0.3 is 4.90 Å². The molecule has 0 radical (unpaired) electrons. The van der Waals surface area contributed by atoms with Crippen LogP contribution in [0.2, 0.25) is 0 Å². The van der Waals surface area contributed by atoms with Crippen LogP contribution in [0.25, 0.3) is 0 Å². The molecular formula is C13H17BrClN. The number of hydrogen-bond donors (Lipinski definition) is 0. The van der Waals surface area contributed by atoms with Gasteiger partial charge in [-0.2, -0.15) is 0 Å². The lowest BCUT2D eigenvalue weighted by Crippen LogP contribution is -2.26. The summed E-state index contributed by atoms with van der Waals surface area (Å²) < 4.78 is 1.17. The van der Waals surface area contributed by atoms with Crippen molar-refractivity contribution in [3.8, 4) is 0 Å². The van der Waals surface area contributed by atoms with Crippen LogP contribution in [-0.4, -0.2) is 12.6 Å². The minimum atomic E-state index is 0.579. The summed E-state index contributed by atoms with van der Waals surface area (Å²) in [6.45, 7) is 3.37. The summed E-state index contributed by atoms with van der Waals surface area (Å²) in [7, 11) is 0. The molecule has 0 aromatic heterocycles. The van der Waals surface area contributed by atoms with Crippen molar-refractivity contribution in [2.75, 3.05) is 11.4 Å². The minimum absolute atomic E-state index is 0.579. The van der Waals surface area contributed by atoms with Crippen LogP contribution in [0.3, 0.4) is 0 Å². The van der Waals surface area contributed by atoms with Gasteiger partial charge in [-0.25, -0.2) is 0 Å². The average Bonchev–Trinajstić information content (AvgIpc) is 3.10. The van der Waals surface area contributed by atoms with Gasteiger partial charge in [-0.1, -0.05) is 13.0 Å². The molecule has 0 N–H and O–H groups in total. The van der Waals surface area contributed by atoms with Crippen LogP contribution in [0.5, 0.6) is 0 Å². The Morgan fingerprint density at radius 1 is 1.44 bits per heavy atom. The van der Waals surface area contributed by atoms with Gasteiger partial charge in [0.15, 0.2) is 0 Å². The third-order valence-corrected chi connectivity index (χ3v) is 3.87. The molecule has 2 rings (SSSR count). The molecule has 0 heterocycles. The van der Waals surface area contributed by atoms with Crippen LogP contribution in [0.15, 0.2) is 22.7 Å². The molecule has 3 heteroatoms. The van der Waals surface area contributed by atoms with Crippen molar-refractivity contribution in [2.45, 2.75) is 38.1 Å². The number of halogens is 2. The van der Waals surface area contributed by atoms with E-state index >= 15 is 0 Å². The van der Waals surface area contributed by atoms with Crippen LogP contribution < -0.4 is 4.90 Å². The van der Waals surface area contributed by atoms with E-state index < -0.39 is 0 Å². The quantitative estimate of drug-likeness (QED) is 0.720. The van der Waals surface area contributed by atoms with Crippen molar-refractivity contribution >= 4 is 33.2 Å². The highest BCUT2D eigenvalue weighted by Gasteiger charge is 2.29. The van der Waals surface area contributed by atoms with Gasteiger partial charge in [0.05, 0.1) is 5.69 Å². The molecule has 1 saturated carbocycles. The minimum Gasteiger partial charge on any atom is -0.368 e. The predicted molar refractivity (Wildman–Crippen MR) is 74.4 cm³/mol. The van der Waals surface area contributed by atoms with Crippen LogP contribution in [-0.2, 0) is 5.88 Å². The lowest BCUT2D eigenvalue weighted by molar-refractivity contribution is 0.761. The maximum absolute atomic E-state index is 5.83. The summed E-state index contributed by atoms with van der Waals surface area (Å²) in [5.41, 5.74) is 2.49. The second-order valence-electron chi connectivity index (χ2n) is 4.34. The van der Waals surface area contributed by atoms with E-state index in [1.54, 1.807) is 0 Å². The van der Waals surface area contributed by atoms with Crippen LogP contribution in [0.1, 0.15) is 31.7 Å². The second-order valence-corrected chi connectivity index (χ2v) is 5.47. The fraction of sp³-hybridized carbons (Fsp3) is 0.538. The van der Waals surface area contributed by atoms with Gasteiger partial charge in [0.2, 0.25) is 0 Å². The molecule has 0 spiro atoms. The number of alkyl halides is 1. The zero-order valence-electron chi connectivity index (χ0n) is 9.55. The summed E-state index contributed by atoms with van der Waals surface area (Å²) in [5, 5.41) is 0. The first kappa shape index (κ1) is 12.3. The first-order valence-corrected chi connectivity index (χ1v) is 7.20. The Morgan fingerprint density at radius 2 is 2.19 bits per heavy atom. The Bertz CT molecular complexity index is 363. The zero-order chi connectivity index (χ0) is 11.5. The first-order valence-electron chi connectivity index (χ1n) is 5.87. The average molecular weight is 303 g/mol. The molecule has 16 heavy (non-hydrogen) atoms. The van der Waals surface area contributed by atoms with Gasteiger partial charge in [0.1, 0.15) is 0 Å². The topological polar surface area (TPSA) is 3.24 Å². The number of rotatable bonds is 5. The molecule has 0 atom stereocenters. The van der Waals surface area contributed by atoms with E-state index in [4.69, 9.17) is 11.6 Å². The number of benzene rings is 1. The molecule has 0 bridgehead atoms. The maximum Gasteiger partial charge on any atom is 0.0513 e. The van der Waals surface area contributed by atoms with E-state index in [0.717, 1.165) is 12.6 Å². The van der Waals surface area contributed by atoms with Gasteiger partial charge in [-0.05, 0) is 52.9 Å². The van der Waals surface area contributed by atoms with E-state index in [9.17, 15) is 0 Å². The van der Waals surface area contributed by atoms with Crippen molar-refractivity contribution < 1.29 is 0 Å². The summed E-state index contributed by atoms with van der Waals surface area (Å²) in [5.74, 6) is 0.579. The molecule has 1 nitrogen and oxygen atoms in total. The van der Waals surface area contributed by atoms with E-state index in [1.807, 2.05) is 0 Å². The van der Waals surface area contributed by atoms with Crippen LogP contribution in [0.4, 0.5) is 5.69 Å². The largest absolute Gasteiger partial charge is 0.368 e. The van der Waals surface area contributed by atoms with Gasteiger partial charge >= 0.3 is 0 Å². The molecular weight excluding hydrogens is 286 g/mol. The van der Waals surface area contributed by atoms with Gasteiger partial charge in [-0.3, -0.25) is 0 Å². The van der Waals surface area contributed by atoms with Crippen molar-refractivity contribution in [1.82, 2.24) is 0 Å². The fourth-order valence-corrected chi connectivity index (χ4v) is 2.81. The monoisotopic (exact) mass is 301 g/mol. The van der Waals surface area contributed by atoms with Crippen LogP contribution >= 0.6 is 27.5 Å². The summed E-state index contributed by atoms with van der Waals surface area (Å²) in [6, 6.07) is 7.21. The molecule has 1 aliphatic carbocycles. The van der Waals surface area contributed by atoms with Crippen LogP contribution in [0, 0.1) is 0 Å². The van der Waals surface area contributed by atoms with Gasteiger partial charge in [0, 0.05) is 22.9 Å². The van der Waals surface area contributed by atoms with Crippen molar-refractivity contribution in [1.29, 1.82) is 0 Å².